The van der Waals surface area contributed by atoms with E-state index in [9.17, 15) is 4.39 Å². The summed E-state index contributed by atoms with van der Waals surface area (Å²) in [6.45, 7) is 12.4. The molecule has 0 radical (unpaired) electrons. The summed E-state index contributed by atoms with van der Waals surface area (Å²) in [6, 6.07) is 9.80. The van der Waals surface area contributed by atoms with E-state index in [4.69, 9.17) is 0 Å². The van der Waals surface area contributed by atoms with Crippen LogP contribution in [0, 0.1) is 25.6 Å². The lowest BCUT2D eigenvalue weighted by atomic mass is 9.92. The van der Waals surface area contributed by atoms with Crippen molar-refractivity contribution < 1.29 is 8.78 Å². The Morgan fingerprint density at radius 2 is 1.87 bits per heavy atom. The third kappa shape index (κ3) is 5.06. The zero-order valence-electron chi connectivity index (χ0n) is 23.2. The number of likely N-dealkylation sites (tertiary alicyclic amines) is 1. The maximum absolute atomic E-state index is 15.2. The van der Waals surface area contributed by atoms with Gasteiger partial charge in [0.15, 0.2) is 5.82 Å². The molecule has 1 fully saturated rings. The molecule has 1 saturated heterocycles. The number of halogens is 2. The van der Waals surface area contributed by atoms with E-state index in [0.717, 1.165) is 54.8 Å². The van der Waals surface area contributed by atoms with Crippen molar-refractivity contribution in [1.29, 1.82) is 0 Å². The van der Waals surface area contributed by atoms with E-state index in [1.165, 1.54) is 28.5 Å². The van der Waals surface area contributed by atoms with Crippen LogP contribution in [0.4, 0.5) is 8.78 Å². The Bertz CT molecular complexity index is 1450. The summed E-state index contributed by atoms with van der Waals surface area (Å²) in [4.78, 5) is 9.10. The third-order valence-corrected chi connectivity index (χ3v) is 8.38. The highest BCUT2D eigenvalue weighted by molar-refractivity contribution is 5.81. The summed E-state index contributed by atoms with van der Waals surface area (Å²) in [5.74, 6) is 0.618. The first-order valence-electron chi connectivity index (χ1n) is 13.5. The molecule has 0 amide bonds. The van der Waals surface area contributed by atoms with Crippen molar-refractivity contribution in [2.24, 2.45) is 13.0 Å². The van der Waals surface area contributed by atoms with Crippen LogP contribution in [0.25, 0.3) is 16.6 Å². The fourth-order valence-corrected chi connectivity index (χ4v) is 6.09. The molecule has 2 unspecified atom stereocenters. The van der Waals surface area contributed by atoms with Gasteiger partial charge in [-0.15, -0.1) is 0 Å². The number of hydrogen-bond donors (Lipinski definition) is 0. The Balaban J connectivity index is 1.26. The standard InChI is InChI=1S/C32H38F2N4/c1-20(2)25-16-28(34)31-29(17-25)37(6)30(35-31)19-38-14-13-24(18-38)32-27(33)12-11-26(36(32)5)10-9-23-8-7-21(3)15-22(23)4/h7-8,11-12,15-17,24,32H,1,9-10,13-14,18-19H2,2-6H3. The predicted octanol–water partition coefficient (Wildman–Crippen LogP) is 6.87. The van der Waals surface area contributed by atoms with Crippen molar-refractivity contribution in [3.8, 4) is 0 Å². The molecule has 5 rings (SSSR count). The van der Waals surface area contributed by atoms with Gasteiger partial charge in [0.25, 0.3) is 0 Å². The minimum atomic E-state index is -0.321. The van der Waals surface area contributed by atoms with Gasteiger partial charge in [-0.2, -0.15) is 0 Å². The van der Waals surface area contributed by atoms with E-state index in [1.807, 2.05) is 37.7 Å². The Morgan fingerprint density at radius 3 is 2.61 bits per heavy atom. The fraction of sp³-hybridized carbons (Fsp3) is 0.406. The molecule has 2 aliphatic rings. The molecule has 0 bridgehead atoms. The lowest BCUT2D eigenvalue weighted by molar-refractivity contribution is 0.203. The molecule has 1 aromatic heterocycles. The highest BCUT2D eigenvalue weighted by Gasteiger charge is 2.37. The van der Waals surface area contributed by atoms with Crippen LogP contribution < -0.4 is 0 Å². The van der Waals surface area contributed by atoms with Gasteiger partial charge in [0.05, 0.1) is 18.1 Å². The quantitative estimate of drug-likeness (QED) is 0.343. The van der Waals surface area contributed by atoms with Crippen molar-refractivity contribution in [3.63, 3.8) is 0 Å². The topological polar surface area (TPSA) is 24.3 Å². The zero-order valence-corrected chi connectivity index (χ0v) is 23.2. The lowest BCUT2D eigenvalue weighted by Gasteiger charge is -2.37. The van der Waals surface area contributed by atoms with Crippen molar-refractivity contribution in [2.45, 2.75) is 52.6 Å². The normalized spacial score (nSPS) is 20.2. The maximum atomic E-state index is 15.2. The van der Waals surface area contributed by atoms with E-state index in [2.05, 4.69) is 53.4 Å². The van der Waals surface area contributed by atoms with Gasteiger partial charge in [-0.25, -0.2) is 13.8 Å². The van der Waals surface area contributed by atoms with E-state index in [-0.39, 0.29) is 23.6 Å². The molecule has 2 aliphatic heterocycles. The second-order valence-electron chi connectivity index (χ2n) is 11.2. The Kier molecular flexibility index (Phi) is 7.28. The van der Waals surface area contributed by atoms with Crippen LogP contribution in [0.3, 0.4) is 0 Å². The number of likely N-dealkylation sites (N-methyl/N-ethyl adjacent to an activating group) is 1. The number of benzene rings is 2. The predicted molar refractivity (Wildman–Crippen MR) is 152 cm³/mol. The molecule has 38 heavy (non-hydrogen) atoms. The molecule has 0 aliphatic carbocycles. The van der Waals surface area contributed by atoms with Gasteiger partial charge in [-0.05, 0) is 93.5 Å². The first kappa shape index (κ1) is 26.4. The molecule has 3 aromatic rings. The number of nitrogens with zero attached hydrogens (tertiary/aromatic N) is 4. The van der Waals surface area contributed by atoms with Crippen molar-refractivity contribution >= 4 is 16.6 Å². The summed E-state index contributed by atoms with van der Waals surface area (Å²) in [7, 11) is 3.96. The molecule has 0 saturated carbocycles. The first-order chi connectivity index (χ1) is 18.1. The molecule has 6 heteroatoms. The highest BCUT2D eigenvalue weighted by atomic mass is 19.1. The van der Waals surface area contributed by atoms with E-state index < -0.39 is 0 Å². The minimum Gasteiger partial charge on any atom is -0.368 e. The molecule has 3 heterocycles. The molecule has 200 valence electrons. The number of aromatic nitrogens is 2. The smallest absolute Gasteiger partial charge is 0.151 e. The Hall–Kier alpha value is -3.25. The average molecular weight is 517 g/mol. The Morgan fingerprint density at radius 1 is 1.08 bits per heavy atom. The minimum absolute atomic E-state index is 0.0632. The number of hydrogen-bond acceptors (Lipinski definition) is 3. The molecule has 2 atom stereocenters. The van der Waals surface area contributed by atoms with Crippen LogP contribution >= 0.6 is 0 Å². The molecule has 4 nitrogen and oxygen atoms in total. The molecular weight excluding hydrogens is 478 g/mol. The number of imidazole rings is 1. The van der Waals surface area contributed by atoms with E-state index >= 15 is 4.39 Å². The average Bonchev–Trinajstić information content (AvgIpc) is 3.45. The monoisotopic (exact) mass is 516 g/mol. The van der Waals surface area contributed by atoms with Crippen LogP contribution in [0.5, 0.6) is 0 Å². The Labute approximate surface area is 225 Å². The van der Waals surface area contributed by atoms with Gasteiger partial charge in [0.2, 0.25) is 0 Å². The summed E-state index contributed by atoms with van der Waals surface area (Å²) < 4.78 is 31.9. The second-order valence-corrected chi connectivity index (χ2v) is 11.2. The SMILES string of the molecule is C=C(C)c1cc(F)c2nc(CN3CCC(C4C(F)=CC=C(CCc5ccc(C)cc5C)N4C)C3)n(C)c2c1. The van der Waals surface area contributed by atoms with Crippen LogP contribution in [-0.4, -0.2) is 45.5 Å². The summed E-state index contributed by atoms with van der Waals surface area (Å²) in [5, 5.41) is 0. The van der Waals surface area contributed by atoms with E-state index in [0.29, 0.717) is 12.1 Å². The highest BCUT2D eigenvalue weighted by Crippen LogP contribution is 2.34. The molecule has 0 spiro atoms. The van der Waals surface area contributed by atoms with Crippen molar-refractivity contribution in [2.75, 3.05) is 20.1 Å². The number of aryl methyl sites for hydroxylation is 4. The van der Waals surface area contributed by atoms with Crippen LogP contribution in [-0.2, 0) is 20.0 Å². The fourth-order valence-electron chi connectivity index (χ4n) is 6.09. The number of fused-ring (bicyclic) bond motifs is 1. The van der Waals surface area contributed by atoms with Crippen LogP contribution in [0.15, 0.2) is 60.6 Å². The molecule has 2 aromatic carbocycles. The molecular formula is C32H38F2N4. The van der Waals surface area contributed by atoms with Gasteiger partial charge in [0, 0.05) is 26.3 Å². The van der Waals surface area contributed by atoms with Crippen LogP contribution in [0.1, 0.15) is 47.8 Å². The van der Waals surface area contributed by atoms with Gasteiger partial charge in [-0.3, -0.25) is 4.90 Å². The first-order valence-corrected chi connectivity index (χ1v) is 13.5. The largest absolute Gasteiger partial charge is 0.368 e. The summed E-state index contributed by atoms with van der Waals surface area (Å²) in [5.41, 5.74) is 7.88. The van der Waals surface area contributed by atoms with Crippen molar-refractivity contribution in [3.05, 3.63) is 94.5 Å². The van der Waals surface area contributed by atoms with Gasteiger partial charge >= 0.3 is 0 Å². The zero-order chi connectivity index (χ0) is 27.1. The third-order valence-electron chi connectivity index (χ3n) is 8.38. The van der Waals surface area contributed by atoms with Gasteiger partial charge in [-0.1, -0.05) is 35.9 Å². The van der Waals surface area contributed by atoms with E-state index in [1.54, 1.807) is 6.08 Å². The van der Waals surface area contributed by atoms with Gasteiger partial charge < -0.3 is 9.47 Å². The second kappa shape index (κ2) is 10.5. The maximum Gasteiger partial charge on any atom is 0.151 e. The lowest BCUT2D eigenvalue weighted by Crippen LogP contribution is -2.41. The van der Waals surface area contributed by atoms with Crippen molar-refractivity contribution in [1.82, 2.24) is 19.4 Å². The summed E-state index contributed by atoms with van der Waals surface area (Å²) in [6.07, 6.45) is 6.35. The summed E-state index contributed by atoms with van der Waals surface area (Å²) >= 11 is 0. The molecule has 0 N–H and O–H groups in total. The van der Waals surface area contributed by atoms with Crippen LogP contribution in [0.2, 0.25) is 0 Å². The number of allylic oxidation sites excluding steroid dienone is 4. The van der Waals surface area contributed by atoms with Gasteiger partial charge in [0.1, 0.15) is 17.2 Å². The number of rotatable bonds is 7.